The Morgan fingerprint density at radius 2 is 1.81 bits per heavy atom. The van der Waals surface area contributed by atoms with Crippen molar-refractivity contribution in [1.82, 2.24) is 15.2 Å². The number of benzene rings is 1. The van der Waals surface area contributed by atoms with Crippen LogP contribution >= 0.6 is 24.0 Å². The molecule has 0 fully saturated rings. The Bertz CT molecular complexity index is 615. The molecule has 7 heteroatoms. The lowest BCUT2D eigenvalue weighted by Gasteiger charge is -2.12. The molecule has 1 aromatic heterocycles. The molecule has 6 nitrogen and oxygen atoms in total. The molecule has 2 N–H and O–H groups in total. The summed E-state index contributed by atoms with van der Waals surface area (Å²) >= 11 is 0. The maximum Gasteiger partial charge on any atom is 0.191 e. The van der Waals surface area contributed by atoms with Gasteiger partial charge >= 0.3 is 0 Å². The van der Waals surface area contributed by atoms with Crippen LogP contribution in [0, 0.1) is 0 Å². The smallest absolute Gasteiger partial charge is 0.191 e. The molecule has 0 amide bonds. The van der Waals surface area contributed by atoms with E-state index in [2.05, 4.69) is 39.5 Å². The highest BCUT2D eigenvalue weighted by atomic mass is 127. The van der Waals surface area contributed by atoms with Crippen LogP contribution in [0.4, 0.5) is 0 Å². The summed E-state index contributed by atoms with van der Waals surface area (Å²) in [5, 5.41) is 6.62. The van der Waals surface area contributed by atoms with Gasteiger partial charge in [0.15, 0.2) is 5.96 Å². The Hall–Kier alpha value is -1.74. The van der Waals surface area contributed by atoms with E-state index in [-0.39, 0.29) is 24.0 Å². The molecule has 0 saturated carbocycles. The molecule has 2 aromatic rings. The fourth-order valence-electron chi connectivity index (χ4n) is 2.27. The number of methoxy groups -OCH3 is 1. The molecule has 0 atom stereocenters. The molecule has 0 spiro atoms. The number of nitrogens with one attached hydrogen (secondary N) is 2. The molecule has 144 valence electrons. The topological polar surface area (TPSA) is 59.8 Å². The monoisotopic (exact) mass is 472 g/mol. The minimum Gasteiger partial charge on any atom is -0.491 e. The minimum atomic E-state index is 0. The number of halogens is 1. The van der Waals surface area contributed by atoms with E-state index in [1.807, 2.05) is 36.4 Å². The van der Waals surface area contributed by atoms with Crippen molar-refractivity contribution in [2.75, 3.05) is 33.4 Å². The van der Waals surface area contributed by atoms with E-state index in [9.17, 15) is 0 Å². The maximum absolute atomic E-state index is 5.57. The van der Waals surface area contributed by atoms with E-state index in [0.29, 0.717) is 19.8 Å². The van der Waals surface area contributed by atoms with Gasteiger partial charge in [-0.3, -0.25) is 0 Å². The Kier molecular flexibility index (Phi) is 11.5. The van der Waals surface area contributed by atoms with E-state index >= 15 is 0 Å². The molecule has 0 aliphatic rings. The van der Waals surface area contributed by atoms with Crippen molar-refractivity contribution in [1.29, 1.82) is 0 Å². The quantitative estimate of drug-likeness (QED) is 0.242. The van der Waals surface area contributed by atoms with Gasteiger partial charge in [-0.15, -0.1) is 24.0 Å². The minimum absolute atomic E-state index is 0. The zero-order valence-corrected chi connectivity index (χ0v) is 17.8. The van der Waals surface area contributed by atoms with Gasteiger partial charge in [0.05, 0.1) is 13.2 Å². The highest BCUT2D eigenvalue weighted by molar-refractivity contribution is 14.0. The molecular formula is C19H29IN4O2. The highest BCUT2D eigenvalue weighted by Crippen LogP contribution is 2.12. The molecule has 0 aliphatic carbocycles. The molecule has 0 radical (unpaired) electrons. The predicted molar refractivity (Wildman–Crippen MR) is 116 cm³/mol. The summed E-state index contributed by atoms with van der Waals surface area (Å²) < 4.78 is 12.7. The van der Waals surface area contributed by atoms with Gasteiger partial charge < -0.3 is 24.7 Å². The molecule has 2 rings (SSSR count). The van der Waals surface area contributed by atoms with E-state index in [1.165, 1.54) is 0 Å². The van der Waals surface area contributed by atoms with Crippen LogP contribution in [0.15, 0.2) is 53.8 Å². The van der Waals surface area contributed by atoms with Crippen molar-refractivity contribution in [2.24, 2.45) is 4.99 Å². The van der Waals surface area contributed by atoms with Gasteiger partial charge in [-0.2, -0.15) is 0 Å². The predicted octanol–water partition coefficient (Wildman–Crippen LogP) is 2.89. The number of aliphatic imine (C=N–C) groups is 1. The first-order valence-corrected chi connectivity index (χ1v) is 8.65. The van der Waals surface area contributed by atoms with Crippen molar-refractivity contribution in [3.05, 3.63) is 54.4 Å². The van der Waals surface area contributed by atoms with Crippen LogP contribution in [0.2, 0.25) is 0 Å². The summed E-state index contributed by atoms with van der Waals surface area (Å²) in [6.07, 6.45) is 4.12. The van der Waals surface area contributed by atoms with Crippen molar-refractivity contribution in [3.8, 4) is 5.75 Å². The lowest BCUT2D eigenvalue weighted by molar-refractivity contribution is 0.146. The van der Waals surface area contributed by atoms with Gasteiger partial charge in [-0.05, 0) is 36.8 Å². The number of ether oxygens (including phenoxy) is 2. The Morgan fingerprint density at radius 1 is 1.08 bits per heavy atom. The van der Waals surface area contributed by atoms with Crippen LogP contribution < -0.4 is 15.4 Å². The third kappa shape index (κ3) is 8.57. The van der Waals surface area contributed by atoms with Crippen LogP contribution in [-0.2, 0) is 17.8 Å². The standard InChI is InChI=1S/C19H28N4O2.HI/c1-3-20-19(21-10-13-23-11-4-5-12-23)22-16-17-6-8-18(9-7-17)25-15-14-24-2;/h4-9,11-12H,3,10,13-16H2,1-2H3,(H2,20,21,22);1H. The number of hydrogen-bond donors (Lipinski definition) is 2. The number of nitrogens with zero attached hydrogens (tertiary/aromatic N) is 2. The summed E-state index contributed by atoms with van der Waals surface area (Å²) in [5.74, 6) is 1.68. The largest absolute Gasteiger partial charge is 0.491 e. The average Bonchev–Trinajstić information content (AvgIpc) is 3.14. The lowest BCUT2D eigenvalue weighted by atomic mass is 10.2. The van der Waals surface area contributed by atoms with Crippen molar-refractivity contribution in [3.63, 3.8) is 0 Å². The van der Waals surface area contributed by atoms with Crippen LogP contribution in [0.25, 0.3) is 0 Å². The lowest BCUT2D eigenvalue weighted by Crippen LogP contribution is -2.38. The van der Waals surface area contributed by atoms with E-state index in [4.69, 9.17) is 9.47 Å². The second-order valence-corrected chi connectivity index (χ2v) is 5.53. The second kappa shape index (κ2) is 13.5. The van der Waals surface area contributed by atoms with Gasteiger partial charge in [-0.25, -0.2) is 4.99 Å². The molecular weight excluding hydrogens is 443 g/mol. The first-order valence-electron chi connectivity index (χ1n) is 8.65. The summed E-state index contributed by atoms with van der Waals surface area (Å²) in [6, 6.07) is 12.1. The molecule has 0 aliphatic heterocycles. The van der Waals surface area contributed by atoms with Crippen LogP contribution in [0.3, 0.4) is 0 Å². The Morgan fingerprint density at radius 3 is 2.46 bits per heavy atom. The maximum atomic E-state index is 5.57. The first-order chi connectivity index (χ1) is 12.3. The number of rotatable bonds is 10. The van der Waals surface area contributed by atoms with Gasteiger partial charge in [0.2, 0.25) is 0 Å². The Labute approximate surface area is 173 Å². The third-order valence-corrected chi connectivity index (χ3v) is 3.57. The van der Waals surface area contributed by atoms with Gasteiger partial charge in [0.25, 0.3) is 0 Å². The summed E-state index contributed by atoms with van der Waals surface area (Å²) in [4.78, 5) is 4.63. The summed E-state index contributed by atoms with van der Waals surface area (Å²) in [7, 11) is 1.67. The first kappa shape index (κ1) is 22.3. The third-order valence-electron chi connectivity index (χ3n) is 3.57. The van der Waals surface area contributed by atoms with Crippen molar-refractivity contribution in [2.45, 2.75) is 20.0 Å². The van der Waals surface area contributed by atoms with Gasteiger partial charge in [0.1, 0.15) is 12.4 Å². The zero-order chi connectivity index (χ0) is 17.7. The summed E-state index contributed by atoms with van der Waals surface area (Å²) in [6.45, 7) is 6.41. The molecule has 1 heterocycles. The van der Waals surface area contributed by atoms with Crippen molar-refractivity contribution < 1.29 is 9.47 Å². The molecule has 0 unspecified atom stereocenters. The molecule has 0 bridgehead atoms. The molecule has 26 heavy (non-hydrogen) atoms. The van der Waals surface area contributed by atoms with Crippen LogP contribution in [0.1, 0.15) is 12.5 Å². The SMILES string of the molecule is CCNC(=NCc1ccc(OCCOC)cc1)NCCn1cccc1.I. The molecule has 1 aromatic carbocycles. The van der Waals surface area contributed by atoms with Crippen LogP contribution in [0.5, 0.6) is 5.75 Å². The van der Waals surface area contributed by atoms with Crippen molar-refractivity contribution >= 4 is 29.9 Å². The molecule has 0 saturated heterocycles. The summed E-state index contributed by atoms with van der Waals surface area (Å²) in [5.41, 5.74) is 1.14. The van der Waals surface area contributed by atoms with Gasteiger partial charge in [-0.1, -0.05) is 12.1 Å². The van der Waals surface area contributed by atoms with E-state index in [1.54, 1.807) is 7.11 Å². The van der Waals surface area contributed by atoms with E-state index < -0.39 is 0 Å². The number of hydrogen-bond acceptors (Lipinski definition) is 3. The fourth-order valence-corrected chi connectivity index (χ4v) is 2.27. The fraction of sp³-hybridized carbons (Fsp3) is 0.421. The number of aromatic nitrogens is 1. The normalized spacial score (nSPS) is 10.9. The van der Waals surface area contributed by atoms with E-state index in [0.717, 1.165) is 36.9 Å². The van der Waals surface area contributed by atoms with Gasteiger partial charge in [0, 0.05) is 39.1 Å². The average molecular weight is 472 g/mol. The number of guanidine groups is 1. The Balaban J connectivity index is 0.00000338. The van der Waals surface area contributed by atoms with Crippen LogP contribution in [-0.4, -0.2) is 43.9 Å². The highest BCUT2D eigenvalue weighted by Gasteiger charge is 1.99. The second-order valence-electron chi connectivity index (χ2n) is 5.53. The zero-order valence-electron chi connectivity index (χ0n) is 15.5.